The maximum absolute atomic E-state index is 13.6. The molecule has 2 aromatic carbocycles. The Hall–Kier alpha value is -3.94. The van der Waals surface area contributed by atoms with E-state index in [1.807, 2.05) is 60.7 Å². The lowest BCUT2D eigenvalue weighted by Gasteiger charge is -2.28. The molecule has 0 spiro atoms. The normalized spacial score (nSPS) is 16.5. The predicted molar refractivity (Wildman–Crippen MR) is 182 cm³/mol. The molecule has 46 heavy (non-hydrogen) atoms. The Kier molecular flexibility index (Phi) is 13.9. The van der Waals surface area contributed by atoms with E-state index in [0.717, 1.165) is 16.0 Å². The van der Waals surface area contributed by atoms with Gasteiger partial charge in [0.2, 0.25) is 5.91 Å². The van der Waals surface area contributed by atoms with Crippen molar-refractivity contribution in [1.82, 2.24) is 25.8 Å². The Morgan fingerprint density at radius 3 is 2.15 bits per heavy atom. The van der Waals surface area contributed by atoms with Crippen molar-refractivity contribution in [3.05, 3.63) is 88.4 Å². The molecule has 0 aliphatic carbocycles. The third-order valence-corrected chi connectivity index (χ3v) is 9.22. The number of hydrogen-bond acceptors (Lipinski definition) is 9. The van der Waals surface area contributed by atoms with Crippen molar-refractivity contribution in [2.45, 2.75) is 68.7 Å². The molecule has 4 amide bonds. The molecule has 4 rings (SSSR count). The van der Waals surface area contributed by atoms with E-state index < -0.39 is 30.2 Å². The Labute approximate surface area is 278 Å². The average molecular weight is 667 g/mol. The number of thiazole rings is 1. The van der Waals surface area contributed by atoms with Crippen molar-refractivity contribution in [2.24, 2.45) is 4.99 Å². The molecule has 1 aliphatic heterocycles. The zero-order valence-electron chi connectivity index (χ0n) is 26.1. The van der Waals surface area contributed by atoms with E-state index in [1.165, 1.54) is 23.2 Å². The van der Waals surface area contributed by atoms with Crippen LogP contribution in [0.15, 0.2) is 77.4 Å². The molecule has 13 heteroatoms. The van der Waals surface area contributed by atoms with Crippen LogP contribution in [0.25, 0.3) is 0 Å². The smallest absolute Gasteiger partial charge is 0.407 e. The molecular weight excluding hydrogens is 625 g/mol. The number of aliphatic imine (C=N–C) groups is 1. The number of hydrogen-bond donors (Lipinski definition) is 4. The van der Waals surface area contributed by atoms with Crippen LogP contribution in [0.4, 0.5) is 9.59 Å². The number of nitrogens with one attached hydrogen (secondary N) is 3. The van der Waals surface area contributed by atoms with E-state index >= 15 is 0 Å². The maximum atomic E-state index is 13.6. The fourth-order valence-electron chi connectivity index (χ4n) is 5.07. The molecule has 4 N–H and O–H groups in total. The number of nitrogens with zero attached hydrogens (tertiary/aromatic N) is 3. The van der Waals surface area contributed by atoms with Gasteiger partial charge in [-0.05, 0) is 43.7 Å². The Morgan fingerprint density at radius 1 is 0.978 bits per heavy atom. The molecular formula is C33H42N6O5S2. The minimum Gasteiger partial charge on any atom is -0.444 e. The zero-order valence-corrected chi connectivity index (χ0v) is 27.7. The minimum absolute atomic E-state index is 0.135. The largest absolute Gasteiger partial charge is 0.444 e. The number of benzene rings is 2. The molecule has 5 atom stereocenters. The van der Waals surface area contributed by atoms with Gasteiger partial charge < -0.3 is 30.7 Å². The molecule has 0 fully saturated rings. The fraction of sp³-hybridized carbons (Fsp3) is 0.424. The van der Waals surface area contributed by atoms with Crippen molar-refractivity contribution in [2.75, 3.05) is 20.1 Å². The first-order chi connectivity index (χ1) is 22.3. The van der Waals surface area contributed by atoms with Gasteiger partial charge >= 0.3 is 12.1 Å². The number of aliphatic hydroxyl groups is 1. The van der Waals surface area contributed by atoms with Crippen LogP contribution in [0.2, 0.25) is 0 Å². The van der Waals surface area contributed by atoms with Crippen LogP contribution in [0.5, 0.6) is 0 Å². The summed E-state index contributed by atoms with van der Waals surface area (Å²) in [5, 5.41) is 19.5. The summed E-state index contributed by atoms with van der Waals surface area (Å²) in [6, 6.07) is 17.4. The highest BCUT2D eigenvalue weighted by molar-refractivity contribution is 8.12. The van der Waals surface area contributed by atoms with Crippen LogP contribution >= 0.6 is 23.1 Å². The Balaban J connectivity index is 1.42. The second kappa shape index (κ2) is 18.3. The molecule has 3 aromatic rings. The van der Waals surface area contributed by atoms with Gasteiger partial charge in [0.15, 0.2) is 0 Å². The van der Waals surface area contributed by atoms with Crippen molar-refractivity contribution >= 4 is 46.7 Å². The van der Waals surface area contributed by atoms with E-state index in [9.17, 15) is 19.5 Å². The van der Waals surface area contributed by atoms with Crippen molar-refractivity contribution in [3.63, 3.8) is 0 Å². The number of rotatable bonds is 16. The van der Waals surface area contributed by atoms with Gasteiger partial charge in [0.05, 0.1) is 28.6 Å². The lowest BCUT2D eigenvalue weighted by molar-refractivity contribution is -0.126. The first kappa shape index (κ1) is 34.9. The number of ether oxygens (including phenoxy) is 1. The van der Waals surface area contributed by atoms with E-state index in [0.29, 0.717) is 38.8 Å². The molecule has 0 saturated carbocycles. The number of alkyl carbamates (subject to hydrolysis) is 1. The average Bonchev–Trinajstić information content (AvgIpc) is 3.77. The van der Waals surface area contributed by atoms with Gasteiger partial charge in [-0.25, -0.2) is 9.59 Å². The highest BCUT2D eigenvalue weighted by atomic mass is 32.2. The SMILES string of the molecule is CC(O)[C@H](NC(=O)N(C)CC1CN=CS1)C(=O)N[C@H](CC[C@H](Cc1ccccc1)NC(=O)OCc1cncs1)Cc1ccccc1. The highest BCUT2D eigenvalue weighted by Crippen LogP contribution is 2.17. The van der Waals surface area contributed by atoms with Crippen LogP contribution in [-0.2, 0) is 29.0 Å². The molecule has 0 bridgehead atoms. The Morgan fingerprint density at radius 2 is 1.61 bits per heavy atom. The summed E-state index contributed by atoms with van der Waals surface area (Å²) in [6.45, 7) is 2.71. The zero-order chi connectivity index (χ0) is 32.7. The van der Waals surface area contributed by atoms with Crippen molar-refractivity contribution in [1.29, 1.82) is 0 Å². The monoisotopic (exact) mass is 666 g/mol. The third kappa shape index (κ3) is 11.8. The molecule has 2 unspecified atom stereocenters. The predicted octanol–water partition coefficient (Wildman–Crippen LogP) is 4.02. The maximum Gasteiger partial charge on any atom is 0.407 e. The molecule has 11 nitrogen and oxygen atoms in total. The summed E-state index contributed by atoms with van der Waals surface area (Å²) in [6.07, 6.45) is 2.18. The summed E-state index contributed by atoms with van der Waals surface area (Å²) in [5.41, 5.74) is 5.55. The van der Waals surface area contributed by atoms with E-state index in [1.54, 1.807) is 36.1 Å². The van der Waals surface area contributed by atoms with Gasteiger partial charge in [-0.1, -0.05) is 60.7 Å². The third-order valence-electron chi connectivity index (χ3n) is 7.52. The number of thioether (sulfide) groups is 1. The van der Waals surface area contributed by atoms with Crippen LogP contribution in [0.3, 0.4) is 0 Å². The van der Waals surface area contributed by atoms with Gasteiger partial charge in [-0.3, -0.25) is 14.8 Å². The van der Waals surface area contributed by atoms with E-state index in [2.05, 4.69) is 25.9 Å². The fourth-order valence-corrected chi connectivity index (χ4v) is 6.40. The first-order valence-corrected chi connectivity index (χ1v) is 17.1. The number of aromatic nitrogens is 1. The quantitative estimate of drug-likeness (QED) is 0.181. The topological polar surface area (TPSA) is 145 Å². The van der Waals surface area contributed by atoms with E-state index in [-0.39, 0.29) is 23.9 Å². The number of amides is 4. The molecule has 0 saturated heterocycles. The van der Waals surface area contributed by atoms with Crippen LogP contribution < -0.4 is 16.0 Å². The van der Waals surface area contributed by atoms with Crippen molar-refractivity contribution < 1.29 is 24.2 Å². The summed E-state index contributed by atoms with van der Waals surface area (Å²) in [4.78, 5) is 49.9. The Bertz CT molecular complexity index is 1390. The van der Waals surface area contributed by atoms with Gasteiger partial charge in [0.1, 0.15) is 12.6 Å². The van der Waals surface area contributed by atoms with Gasteiger partial charge in [-0.15, -0.1) is 23.1 Å². The van der Waals surface area contributed by atoms with Crippen LogP contribution in [0, 0.1) is 0 Å². The number of carbonyl (C=O) groups excluding carboxylic acids is 3. The summed E-state index contributed by atoms with van der Waals surface area (Å²) >= 11 is 2.98. The number of carbonyl (C=O) groups is 3. The number of urea groups is 1. The highest BCUT2D eigenvalue weighted by Gasteiger charge is 2.30. The number of aliphatic hydroxyl groups excluding tert-OH is 1. The van der Waals surface area contributed by atoms with Gasteiger partial charge in [-0.2, -0.15) is 0 Å². The lowest BCUT2D eigenvalue weighted by atomic mass is 9.95. The molecule has 246 valence electrons. The van der Waals surface area contributed by atoms with Crippen LogP contribution in [0.1, 0.15) is 35.8 Å². The molecule has 1 aliphatic rings. The summed E-state index contributed by atoms with van der Waals surface area (Å²) in [5.74, 6) is -0.479. The van der Waals surface area contributed by atoms with Crippen LogP contribution in [-0.4, -0.2) is 88.2 Å². The molecule has 2 heterocycles. The standard InChI is InChI=1S/C33H42N6O5S2/c1-23(40)30(38-32(42)39(2)19-28-17-34-21-45-28)31(41)36-26(15-24-9-5-3-6-10-24)13-14-27(16-25-11-7-4-8-12-25)37-33(43)44-20-29-18-35-22-46-29/h3-12,18,21-23,26-28,30,40H,13-17,19-20H2,1-2H3,(H,36,41)(H,37,43)(H,38,42)/t23?,26-,27-,28?,30+/m1/s1. The van der Waals surface area contributed by atoms with Gasteiger partial charge in [0.25, 0.3) is 0 Å². The lowest BCUT2D eigenvalue weighted by Crippen LogP contribution is -2.57. The molecule has 0 radical (unpaired) electrons. The summed E-state index contributed by atoms with van der Waals surface area (Å²) < 4.78 is 5.45. The molecule has 1 aromatic heterocycles. The second-order valence-electron chi connectivity index (χ2n) is 11.3. The van der Waals surface area contributed by atoms with Crippen molar-refractivity contribution in [3.8, 4) is 0 Å². The second-order valence-corrected chi connectivity index (χ2v) is 13.4. The van der Waals surface area contributed by atoms with E-state index in [4.69, 9.17) is 4.74 Å². The first-order valence-electron chi connectivity index (χ1n) is 15.3. The van der Waals surface area contributed by atoms with Gasteiger partial charge in [0, 0.05) is 37.1 Å². The summed E-state index contributed by atoms with van der Waals surface area (Å²) in [7, 11) is 1.66. The minimum atomic E-state index is -1.15.